The van der Waals surface area contributed by atoms with Crippen LogP contribution in [0.1, 0.15) is 28.9 Å². The van der Waals surface area contributed by atoms with E-state index in [4.69, 9.17) is 4.99 Å². The molecule has 4 atom stereocenters. The van der Waals surface area contributed by atoms with Gasteiger partial charge in [0.05, 0.1) is 17.8 Å². The molecule has 44 heavy (non-hydrogen) atoms. The Labute approximate surface area is 256 Å². The summed E-state index contributed by atoms with van der Waals surface area (Å²) in [4.78, 5) is 12.3. The second-order valence-corrected chi connectivity index (χ2v) is 11.8. The van der Waals surface area contributed by atoms with Gasteiger partial charge in [-0.05, 0) is 85.3 Å². The van der Waals surface area contributed by atoms with Gasteiger partial charge in [-0.1, -0.05) is 115 Å². The van der Waals surface area contributed by atoms with Crippen LogP contribution in [0.4, 0.5) is 0 Å². The number of benzene rings is 6. The molecule has 1 saturated heterocycles. The van der Waals surface area contributed by atoms with E-state index in [1.807, 2.05) is 18.5 Å². The lowest BCUT2D eigenvalue weighted by atomic mass is 9.92. The zero-order valence-corrected chi connectivity index (χ0v) is 24.1. The molecule has 0 spiro atoms. The van der Waals surface area contributed by atoms with E-state index in [1.165, 1.54) is 60.6 Å². The van der Waals surface area contributed by atoms with E-state index in [1.54, 1.807) is 0 Å². The maximum Gasteiger partial charge on any atom is 0.129 e. The van der Waals surface area contributed by atoms with Gasteiger partial charge in [0, 0.05) is 18.0 Å². The summed E-state index contributed by atoms with van der Waals surface area (Å²) < 4.78 is 0. The molecular weight excluding hydrogens is 534 g/mol. The number of hydrogen-bond donors (Lipinski definition) is 0. The Hall–Kier alpha value is -5.38. The fraction of sp³-hybridized carbons (Fsp3) is 0.0732. The summed E-state index contributed by atoms with van der Waals surface area (Å²) in [5, 5.41) is 4.98. The Bertz CT molecular complexity index is 2200. The number of rotatable bonds is 5. The standard InChI is InChI=1S/C41H29N3/c1-2-11-28(12-3-1)41-43-38(32-20-19-27-10-4-5-13-29(27)22-32)40-39(44(40)41)33-16-8-15-30(23-33)35-24-31-14-6-7-18-36(31)37(25-35)34-17-9-21-42-26-34/h1-26,39-41H. The monoisotopic (exact) mass is 563 g/mol. The Balaban J connectivity index is 1.13. The minimum absolute atomic E-state index is 0.00850. The van der Waals surface area contributed by atoms with Crippen molar-refractivity contribution < 1.29 is 0 Å². The van der Waals surface area contributed by atoms with Gasteiger partial charge in [0.2, 0.25) is 0 Å². The molecule has 0 N–H and O–H groups in total. The van der Waals surface area contributed by atoms with E-state index < -0.39 is 0 Å². The van der Waals surface area contributed by atoms with Crippen LogP contribution in [0.5, 0.6) is 0 Å². The van der Waals surface area contributed by atoms with Crippen molar-refractivity contribution in [3.8, 4) is 22.3 Å². The van der Waals surface area contributed by atoms with Crippen molar-refractivity contribution in [3.05, 3.63) is 175 Å². The van der Waals surface area contributed by atoms with Crippen LogP contribution in [0.2, 0.25) is 0 Å². The van der Waals surface area contributed by atoms with Gasteiger partial charge in [-0.2, -0.15) is 0 Å². The van der Waals surface area contributed by atoms with Gasteiger partial charge in [-0.15, -0.1) is 0 Å². The molecule has 2 aliphatic rings. The van der Waals surface area contributed by atoms with E-state index >= 15 is 0 Å². The quantitative estimate of drug-likeness (QED) is 0.195. The molecule has 4 unspecified atom stereocenters. The minimum atomic E-state index is 0.00850. The largest absolute Gasteiger partial charge is 0.264 e. The molecule has 3 heteroatoms. The average Bonchev–Trinajstić information content (AvgIpc) is 3.71. The SMILES string of the molecule is c1ccc(C2N=C(c3ccc4ccccc4c3)C3C(c4cccc(-c5cc(-c6cccnc6)c6ccccc6c5)c4)N23)cc1. The van der Waals surface area contributed by atoms with Crippen molar-refractivity contribution in [1.82, 2.24) is 9.88 Å². The van der Waals surface area contributed by atoms with Gasteiger partial charge in [0.15, 0.2) is 0 Å². The molecule has 0 bridgehead atoms. The van der Waals surface area contributed by atoms with Crippen LogP contribution in [-0.4, -0.2) is 21.6 Å². The van der Waals surface area contributed by atoms with Crippen molar-refractivity contribution in [2.45, 2.75) is 18.2 Å². The van der Waals surface area contributed by atoms with Gasteiger partial charge < -0.3 is 0 Å². The van der Waals surface area contributed by atoms with Crippen molar-refractivity contribution in [3.63, 3.8) is 0 Å². The summed E-state index contributed by atoms with van der Waals surface area (Å²) in [6, 6.07) is 53.1. The van der Waals surface area contributed by atoms with Crippen LogP contribution in [0.25, 0.3) is 43.8 Å². The maximum absolute atomic E-state index is 5.34. The molecule has 1 aromatic heterocycles. The van der Waals surface area contributed by atoms with Crippen LogP contribution in [0, 0.1) is 0 Å². The molecule has 0 amide bonds. The van der Waals surface area contributed by atoms with E-state index in [-0.39, 0.29) is 18.2 Å². The second kappa shape index (κ2) is 10.1. The Morgan fingerprint density at radius 1 is 0.477 bits per heavy atom. The molecule has 2 aliphatic heterocycles. The number of aromatic nitrogens is 1. The second-order valence-electron chi connectivity index (χ2n) is 11.8. The van der Waals surface area contributed by atoms with E-state index in [0.717, 1.165) is 5.56 Å². The average molecular weight is 564 g/mol. The van der Waals surface area contributed by atoms with E-state index in [2.05, 4.69) is 149 Å². The van der Waals surface area contributed by atoms with Crippen molar-refractivity contribution in [1.29, 1.82) is 0 Å². The van der Waals surface area contributed by atoms with E-state index in [9.17, 15) is 0 Å². The van der Waals surface area contributed by atoms with Gasteiger partial charge in [-0.25, -0.2) is 0 Å². The van der Waals surface area contributed by atoms with Gasteiger partial charge in [-0.3, -0.25) is 14.9 Å². The molecule has 9 rings (SSSR count). The van der Waals surface area contributed by atoms with Crippen LogP contribution in [-0.2, 0) is 0 Å². The topological polar surface area (TPSA) is 28.3 Å². The summed E-state index contributed by atoms with van der Waals surface area (Å²) >= 11 is 0. The Morgan fingerprint density at radius 2 is 1.23 bits per heavy atom. The molecule has 0 aliphatic carbocycles. The maximum atomic E-state index is 5.34. The smallest absolute Gasteiger partial charge is 0.129 e. The third-order valence-electron chi connectivity index (χ3n) is 9.21. The molecule has 3 nitrogen and oxygen atoms in total. The molecule has 0 saturated carbocycles. The lowest BCUT2D eigenvalue weighted by molar-refractivity contribution is 0.404. The highest BCUT2D eigenvalue weighted by Gasteiger charge is 2.59. The first-order valence-corrected chi connectivity index (χ1v) is 15.2. The molecule has 0 radical (unpaired) electrons. The summed E-state index contributed by atoms with van der Waals surface area (Å²) in [7, 11) is 0. The lowest BCUT2D eigenvalue weighted by Gasteiger charge is -2.16. The fourth-order valence-corrected chi connectivity index (χ4v) is 7.08. The number of pyridine rings is 1. The predicted molar refractivity (Wildman–Crippen MR) is 181 cm³/mol. The summed E-state index contributed by atoms with van der Waals surface area (Å²) in [6.45, 7) is 0. The van der Waals surface area contributed by atoms with Gasteiger partial charge in [0.1, 0.15) is 6.17 Å². The number of nitrogens with zero attached hydrogens (tertiary/aromatic N) is 3. The summed E-state index contributed by atoms with van der Waals surface area (Å²) in [5.74, 6) is 0. The highest BCUT2D eigenvalue weighted by Crippen LogP contribution is 2.56. The van der Waals surface area contributed by atoms with Crippen LogP contribution in [0.15, 0.2) is 163 Å². The molecule has 208 valence electrons. The van der Waals surface area contributed by atoms with Crippen LogP contribution < -0.4 is 0 Å². The molecular formula is C41H29N3. The highest BCUT2D eigenvalue weighted by molar-refractivity contribution is 6.10. The number of fused-ring (bicyclic) bond motifs is 3. The van der Waals surface area contributed by atoms with Crippen molar-refractivity contribution >= 4 is 27.3 Å². The normalized spacial score (nSPS) is 20.4. The Morgan fingerprint density at radius 3 is 2.09 bits per heavy atom. The first-order chi connectivity index (χ1) is 21.8. The van der Waals surface area contributed by atoms with Crippen molar-refractivity contribution in [2.24, 2.45) is 4.99 Å². The number of aliphatic imine (C=N–C) groups is 1. The first-order valence-electron chi connectivity index (χ1n) is 15.2. The molecule has 7 aromatic rings. The predicted octanol–water partition coefficient (Wildman–Crippen LogP) is 9.65. The zero-order chi connectivity index (χ0) is 29.0. The fourth-order valence-electron chi connectivity index (χ4n) is 7.08. The lowest BCUT2D eigenvalue weighted by Crippen LogP contribution is -2.08. The van der Waals surface area contributed by atoms with Crippen LogP contribution in [0.3, 0.4) is 0 Å². The minimum Gasteiger partial charge on any atom is -0.264 e. The zero-order valence-electron chi connectivity index (χ0n) is 24.1. The highest BCUT2D eigenvalue weighted by atomic mass is 15.5. The third kappa shape index (κ3) is 4.16. The third-order valence-corrected chi connectivity index (χ3v) is 9.21. The summed E-state index contributed by atoms with van der Waals surface area (Å²) in [5.41, 5.74) is 9.75. The van der Waals surface area contributed by atoms with Gasteiger partial charge >= 0.3 is 0 Å². The number of hydrogen-bond acceptors (Lipinski definition) is 3. The van der Waals surface area contributed by atoms with Crippen molar-refractivity contribution in [2.75, 3.05) is 0 Å². The molecule has 6 aromatic carbocycles. The first kappa shape index (κ1) is 25.1. The van der Waals surface area contributed by atoms with E-state index in [0.29, 0.717) is 0 Å². The van der Waals surface area contributed by atoms with Crippen LogP contribution >= 0.6 is 0 Å². The van der Waals surface area contributed by atoms with Gasteiger partial charge in [0.25, 0.3) is 0 Å². The molecule has 1 fully saturated rings. The molecule has 3 heterocycles. The summed E-state index contributed by atoms with van der Waals surface area (Å²) in [6.07, 6.45) is 3.80. The Kier molecular flexibility index (Phi) is 5.78.